The van der Waals surface area contributed by atoms with Gasteiger partial charge in [-0.25, -0.2) is 0 Å². The Morgan fingerprint density at radius 2 is 1.69 bits per heavy atom. The Bertz CT molecular complexity index is 1470. The number of aryl methyl sites for hydroxylation is 1. The molecular formula is C30H25BrN2O3. The summed E-state index contributed by atoms with van der Waals surface area (Å²) in [4.78, 5) is 12.4. The van der Waals surface area contributed by atoms with E-state index in [1.165, 1.54) is 0 Å². The lowest BCUT2D eigenvalue weighted by Gasteiger charge is -2.14. The summed E-state index contributed by atoms with van der Waals surface area (Å²) >= 11 is 3.58. The fraction of sp³-hybridized carbons (Fsp3) is 0.133. The maximum absolute atomic E-state index is 12.4. The Labute approximate surface area is 219 Å². The van der Waals surface area contributed by atoms with Crippen LogP contribution in [0.2, 0.25) is 0 Å². The van der Waals surface area contributed by atoms with Crippen LogP contribution in [0, 0.1) is 18.3 Å². The highest BCUT2D eigenvalue weighted by Crippen LogP contribution is 2.36. The third kappa shape index (κ3) is 6.12. The van der Waals surface area contributed by atoms with E-state index in [-0.39, 0.29) is 12.5 Å². The third-order valence-electron chi connectivity index (χ3n) is 5.54. The molecule has 0 saturated heterocycles. The minimum Gasteiger partial charge on any atom is -0.490 e. The Hall–Kier alpha value is -4.08. The molecule has 1 N–H and O–H groups in total. The van der Waals surface area contributed by atoms with Gasteiger partial charge in [0, 0.05) is 10.2 Å². The number of amides is 1. The van der Waals surface area contributed by atoms with Gasteiger partial charge in [0.2, 0.25) is 0 Å². The van der Waals surface area contributed by atoms with Crippen molar-refractivity contribution in [1.29, 1.82) is 5.26 Å². The first-order valence-corrected chi connectivity index (χ1v) is 12.3. The molecule has 4 aromatic rings. The van der Waals surface area contributed by atoms with Crippen LogP contribution in [-0.4, -0.2) is 19.1 Å². The molecule has 4 aromatic carbocycles. The maximum atomic E-state index is 12.4. The van der Waals surface area contributed by atoms with Crippen LogP contribution in [0.5, 0.6) is 11.5 Å². The first kappa shape index (κ1) is 25.0. The summed E-state index contributed by atoms with van der Waals surface area (Å²) in [6.07, 6.45) is 1.81. The van der Waals surface area contributed by atoms with Crippen LogP contribution >= 0.6 is 15.9 Å². The number of nitriles is 1. The molecule has 0 aliphatic carbocycles. The average molecular weight is 541 g/mol. The molecule has 0 heterocycles. The standard InChI is InChI=1S/C30H25BrN2O3/c1-3-35-28-16-24(15-25(18-32)23-11-10-21-6-4-5-7-22(21)14-23)27(31)17-29(28)36-19-30(34)33-26-12-8-20(2)9-13-26/h4-17H,3,19H2,1-2H3,(H,33,34)/b25-15-. The molecule has 5 nitrogen and oxygen atoms in total. The molecule has 180 valence electrons. The van der Waals surface area contributed by atoms with Gasteiger partial charge in [0.1, 0.15) is 0 Å². The highest BCUT2D eigenvalue weighted by Gasteiger charge is 2.13. The summed E-state index contributed by atoms with van der Waals surface area (Å²) in [7, 11) is 0. The van der Waals surface area contributed by atoms with Crippen molar-refractivity contribution in [3.05, 3.63) is 100 Å². The molecule has 0 saturated carbocycles. The monoisotopic (exact) mass is 540 g/mol. The van der Waals surface area contributed by atoms with Gasteiger partial charge in [-0.1, -0.05) is 70.0 Å². The number of carbonyl (C=O) groups excluding carboxylic acids is 1. The predicted octanol–water partition coefficient (Wildman–Crippen LogP) is 7.39. The van der Waals surface area contributed by atoms with E-state index >= 15 is 0 Å². The van der Waals surface area contributed by atoms with Crippen LogP contribution in [0.4, 0.5) is 5.69 Å². The zero-order valence-corrected chi connectivity index (χ0v) is 21.6. The number of nitrogens with zero attached hydrogens (tertiary/aromatic N) is 1. The summed E-state index contributed by atoms with van der Waals surface area (Å²) < 4.78 is 12.3. The van der Waals surface area contributed by atoms with Gasteiger partial charge < -0.3 is 14.8 Å². The van der Waals surface area contributed by atoms with Gasteiger partial charge in [-0.3, -0.25) is 4.79 Å². The first-order valence-electron chi connectivity index (χ1n) is 11.5. The molecule has 0 aliphatic heterocycles. The second-order valence-electron chi connectivity index (χ2n) is 8.19. The number of halogens is 1. The largest absolute Gasteiger partial charge is 0.490 e. The van der Waals surface area contributed by atoms with Crippen molar-refractivity contribution < 1.29 is 14.3 Å². The van der Waals surface area contributed by atoms with Crippen molar-refractivity contribution in [1.82, 2.24) is 0 Å². The molecule has 0 radical (unpaired) electrons. The van der Waals surface area contributed by atoms with Crippen LogP contribution in [0.25, 0.3) is 22.4 Å². The summed E-state index contributed by atoms with van der Waals surface area (Å²) in [6, 6.07) is 27.4. The zero-order chi connectivity index (χ0) is 25.5. The molecule has 0 unspecified atom stereocenters. The summed E-state index contributed by atoms with van der Waals surface area (Å²) in [5, 5.41) is 14.9. The van der Waals surface area contributed by atoms with Gasteiger partial charge in [0.25, 0.3) is 5.91 Å². The van der Waals surface area contributed by atoms with Crippen molar-refractivity contribution in [3.8, 4) is 17.6 Å². The Morgan fingerprint density at radius 1 is 0.972 bits per heavy atom. The van der Waals surface area contributed by atoms with Crippen molar-refractivity contribution in [2.75, 3.05) is 18.5 Å². The lowest BCUT2D eigenvalue weighted by molar-refractivity contribution is -0.118. The number of nitrogens with one attached hydrogen (secondary N) is 1. The van der Waals surface area contributed by atoms with Gasteiger partial charge in [-0.05, 0) is 72.2 Å². The van der Waals surface area contributed by atoms with E-state index in [1.54, 1.807) is 12.1 Å². The lowest BCUT2D eigenvalue weighted by Crippen LogP contribution is -2.20. The molecule has 0 spiro atoms. The number of fused-ring (bicyclic) bond motifs is 1. The van der Waals surface area contributed by atoms with Crippen LogP contribution in [-0.2, 0) is 4.79 Å². The van der Waals surface area contributed by atoms with Crippen molar-refractivity contribution in [2.45, 2.75) is 13.8 Å². The smallest absolute Gasteiger partial charge is 0.262 e. The highest BCUT2D eigenvalue weighted by molar-refractivity contribution is 9.10. The van der Waals surface area contributed by atoms with Crippen LogP contribution in [0.1, 0.15) is 23.6 Å². The number of allylic oxidation sites excluding steroid dienone is 1. The van der Waals surface area contributed by atoms with E-state index in [9.17, 15) is 10.1 Å². The summed E-state index contributed by atoms with van der Waals surface area (Å²) in [6.45, 7) is 4.12. The van der Waals surface area contributed by atoms with Crippen LogP contribution in [0.3, 0.4) is 0 Å². The van der Waals surface area contributed by atoms with Crippen molar-refractivity contribution in [3.63, 3.8) is 0 Å². The summed E-state index contributed by atoms with van der Waals surface area (Å²) in [5.74, 6) is 0.652. The molecule has 4 rings (SSSR count). The van der Waals surface area contributed by atoms with Crippen molar-refractivity contribution in [2.24, 2.45) is 0 Å². The number of ether oxygens (including phenoxy) is 2. The maximum Gasteiger partial charge on any atom is 0.262 e. The van der Waals surface area contributed by atoms with E-state index in [0.717, 1.165) is 27.5 Å². The highest BCUT2D eigenvalue weighted by atomic mass is 79.9. The van der Waals surface area contributed by atoms with Crippen molar-refractivity contribution >= 4 is 49.9 Å². The molecule has 36 heavy (non-hydrogen) atoms. The third-order valence-corrected chi connectivity index (χ3v) is 6.22. The molecule has 0 atom stereocenters. The normalized spacial score (nSPS) is 11.1. The Kier molecular flexibility index (Phi) is 8.04. The number of hydrogen-bond donors (Lipinski definition) is 1. The molecule has 0 fully saturated rings. The predicted molar refractivity (Wildman–Crippen MR) is 148 cm³/mol. The number of anilines is 1. The van der Waals surface area contributed by atoms with E-state index < -0.39 is 0 Å². The topological polar surface area (TPSA) is 71.3 Å². The molecule has 0 bridgehead atoms. The molecule has 0 aromatic heterocycles. The molecular weight excluding hydrogens is 516 g/mol. The van der Waals surface area contributed by atoms with Crippen LogP contribution < -0.4 is 14.8 Å². The second-order valence-corrected chi connectivity index (χ2v) is 9.04. The van der Waals surface area contributed by atoms with E-state index in [2.05, 4.69) is 27.3 Å². The number of hydrogen-bond acceptors (Lipinski definition) is 4. The Morgan fingerprint density at radius 3 is 2.42 bits per heavy atom. The lowest BCUT2D eigenvalue weighted by atomic mass is 10.00. The first-order chi connectivity index (χ1) is 17.5. The minimum atomic E-state index is -0.274. The SMILES string of the molecule is CCOc1cc(/C=C(/C#N)c2ccc3ccccc3c2)c(Br)cc1OCC(=O)Nc1ccc(C)cc1. The minimum absolute atomic E-state index is 0.171. The van der Waals surface area contributed by atoms with E-state index in [0.29, 0.717) is 33.8 Å². The summed E-state index contributed by atoms with van der Waals surface area (Å²) in [5.41, 5.74) is 3.94. The van der Waals surface area contributed by atoms with Crippen LogP contribution in [0.15, 0.2) is 83.3 Å². The average Bonchev–Trinajstić information content (AvgIpc) is 2.89. The van der Waals surface area contributed by atoms with E-state index in [4.69, 9.17) is 9.47 Å². The molecule has 1 amide bonds. The Balaban J connectivity index is 1.56. The molecule has 0 aliphatic rings. The van der Waals surface area contributed by atoms with Gasteiger partial charge in [-0.2, -0.15) is 5.26 Å². The van der Waals surface area contributed by atoms with Gasteiger partial charge in [-0.15, -0.1) is 0 Å². The zero-order valence-electron chi connectivity index (χ0n) is 20.0. The second kappa shape index (κ2) is 11.6. The van der Waals surface area contributed by atoms with E-state index in [1.807, 2.05) is 86.7 Å². The van der Waals surface area contributed by atoms with Gasteiger partial charge in [0.15, 0.2) is 18.1 Å². The number of benzene rings is 4. The molecule has 6 heteroatoms. The quantitative estimate of drug-likeness (QED) is 0.187. The fourth-order valence-electron chi connectivity index (χ4n) is 3.71. The number of carbonyl (C=O) groups is 1. The number of rotatable bonds is 8. The van der Waals surface area contributed by atoms with Gasteiger partial charge >= 0.3 is 0 Å². The fourth-order valence-corrected chi connectivity index (χ4v) is 4.15. The van der Waals surface area contributed by atoms with Gasteiger partial charge in [0.05, 0.1) is 18.2 Å².